The van der Waals surface area contributed by atoms with Gasteiger partial charge in [0.05, 0.1) is 0 Å². The van der Waals surface area contributed by atoms with E-state index in [4.69, 9.17) is 10.9 Å². The van der Waals surface area contributed by atoms with E-state index < -0.39 is 0 Å². The van der Waals surface area contributed by atoms with E-state index in [2.05, 4.69) is 24.3 Å². The number of nitrogens with one attached hydrogen (secondary N) is 1. The first-order valence-electron chi connectivity index (χ1n) is 7.30. The Balaban J connectivity index is 2.00. The normalized spacial score (nSPS) is 21.8. The Morgan fingerprint density at radius 3 is 2.52 bits per heavy atom. The Morgan fingerprint density at radius 2 is 1.95 bits per heavy atom. The number of amidine groups is 1. The van der Waals surface area contributed by atoms with E-state index in [1.165, 1.54) is 6.42 Å². The second-order valence-corrected chi connectivity index (χ2v) is 6.49. The van der Waals surface area contributed by atoms with Crippen LogP contribution in [0.2, 0.25) is 0 Å². The van der Waals surface area contributed by atoms with Crippen LogP contribution in [0.5, 0.6) is 0 Å². The fraction of sp³-hybridized carbons (Fsp3) is 0.500. The first kappa shape index (κ1) is 15.4. The Labute approximate surface area is 125 Å². The fourth-order valence-electron chi connectivity index (χ4n) is 2.94. The van der Waals surface area contributed by atoms with Crippen LogP contribution in [0.15, 0.2) is 29.4 Å². The fourth-order valence-corrected chi connectivity index (χ4v) is 2.94. The van der Waals surface area contributed by atoms with Gasteiger partial charge in [0.1, 0.15) is 0 Å². The largest absolute Gasteiger partial charge is 0.409 e. The molecule has 0 spiro atoms. The molecule has 0 aliphatic heterocycles. The maximum Gasteiger partial charge on any atom is 0.251 e. The van der Waals surface area contributed by atoms with Crippen molar-refractivity contribution in [3.63, 3.8) is 0 Å². The van der Waals surface area contributed by atoms with Crippen molar-refractivity contribution in [2.45, 2.75) is 45.6 Å². The minimum absolute atomic E-state index is 0.0380. The lowest BCUT2D eigenvalue weighted by molar-refractivity contribution is 0.0902. The summed E-state index contributed by atoms with van der Waals surface area (Å²) in [5.41, 5.74) is 6.98. The van der Waals surface area contributed by atoms with Crippen molar-refractivity contribution in [1.29, 1.82) is 0 Å². The zero-order valence-electron chi connectivity index (χ0n) is 12.6. The molecular formula is C16H23N3O2. The van der Waals surface area contributed by atoms with Crippen molar-refractivity contribution in [2.75, 3.05) is 0 Å². The van der Waals surface area contributed by atoms with Gasteiger partial charge in [0.2, 0.25) is 0 Å². The number of hydrogen-bond donors (Lipinski definition) is 3. The number of hydrogen-bond acceptors (Lipinski definition) is 3. The first-order chi connectivity index (χ1) is 9.91. The number of amides is 1. The van der Waals surface area contributed by atoms with Gasteiger partial charge >= 0.3 is 0 Å². The molecule has 0 heterocycles. The van der Waals surface area contributed by atoms with Crippen molar-refractivity contribution >= 4 is 11.7 Å². The van der Waals surface area contributed by atoms with Gasteiger partial charge < -0.3 is 16.3 Å². The molecule has 21 heavy (non-hydrogen) atoms. The van der Waals surface area contributed by atoms with Crippen molar-refractivity contribution in [3.8, 4) is 0 Å². The Morgan fingerprint density at radius 1 is 1.33 bits per heavy atom. The third kappa shape index (κ3) is 3.97. The van der Waals surface area contributed by atoms with Crippen LogP contribution in [0.4, 0.5) is 0 Å². The molecule has 1 saturated carbocycles. The summed E-state index contributed by atoms with van der Waals surface area (Å²) in [6, 6.07) is 6.97. The Kier molecular flexibility index (Phi) is 4.50. The van der Waals surface area contributed by atoms with E-state index in [0.717, 1.165) is 19.3 Å². The Hall–Kier alpha value is -2.04. The molecule has 1 aliphatic rings. The van der Waals surface area contributed by atoms with E-state index in [1.54, 1.807) is 24.3 Å². The number of benzene rings is 1. The predicted octanol–water partition coefficient (Wildman–Crippen LogP) is 2.48. The van der Waals surface area contributed by atoms with Crippen LogP contribution in [0.3, 0.4) is 0 Å². The molecule has 0 bridgehead atoms. The zero-order chi connectivity index (χ0) is 15.5. The van der Waals surface area contributed by atoms with Crippen LogP contribution in [-0.2, 0) is 0 Å². The van der Waals surface area contributed by atoms with Crippen molar-refractivity contribution in [3.05, 3.63) is 35.4 Å². The maximum atomic E-state index is 12.3. The summed E-state index contributed by atoms with van der Waals surface area (Å²) in [5.74, 6) is -0.0280. The zero-order valence-corrected chi connectivity index (χ0v) is 12.6. The van der Waals surface area contributed by atoms with E-state index in [-0.39, 0.29) is 17.8 Å². The lowest BCUT2D eigenvalue weighted by Crippen LogP contribution is -2.40. The summed E-state index contributed by atoms with van der Waals surface area (Å²) in [4.78, 5) is 12.3. The number of oxime groups is 1. The molecule has 1 aliphatic carbocycles. The predicted molar refractivity (Wildman–Crippen MR) is 82.5 cm³/mol. The molecule has 5 heteroatoms. The van der Waals surface area contributed by atoms with E-state index in [9.17, 15) is 4.79 Å². The van der Waals surface area contributed by atoms with Gasteiger partial charge in [-0.15, -0.1) is 0 Å². The van der Waals surface area contributed by atoms with Gasteiger partial charge in [-0.05, 0) is 36.8 Å². The molecule has 0 aromatic heterocycles. The highest BCUT2D eigenvalue weighted by Gasteiger charge is 2.28. The van der Waals surface area contributed by atoms with Crippen LogP contribution in [-0.4, -0.2) is 23.0 Å². The van der Waals surface area contributed by atoms with Gasteiger partial charge in [0.25, 0.3) is 5.91 Å². The van der Waals surface area contributed by atoms with Gasteiger partial charge in [-0.3, -0.25) is 4.79 Å². The highest BCUT2D eigenvalue weighted by atomic mass is 16.4. The average molecular weight is 289 g/mol. The highest BCUT2D eigenvalue weighted by Crippen LogP contribution is 2.35. The molecule has 0 radical (unpaired) electrons. The van der Waals surface area contributed by atoms with Gasteiger partial charge in [0, 0.05) is 17.2 Å². The first-order valence-corrected chi connectivity index (χ1v) is 7.30. The average Bonchev–Trinajstić information content (AvgIpc) is 2.45. The van der Waals surface area contributed by atoms with Crippen molar-refractivity contribution in [1.82, 2.24) is 5.32 Å². The van der Waals surface area contributed by atoms with Gasteiger partial charge in [-0.25, -0.2) is 0 Å². The quantitative estimate of drug-likeness (QED) is 0.346. The smallest absolute Gasteiger partial charge is 0.251 e. The summed E-state index contributed by atoms with van der Waals surface area (Å²) in [7, 11) is 0. The summed E-state index contributed by atoms with van der Waals surface area (Å²) >= 11 is 0. The summed E-state index contributed by atoms with van der Waals surface area (Å²) in [5, 5.41) is 14.7. The maximum absolute atomic E-state index is 12.3. The second-order valence-electron chi connectivity index (χ2n) is 6.49. The number of carbonyl (C=O) groups excluding carboxylic acids is 1. The topological polar surface area (TPSA) is 87.7 Å². The molecule has 4 N–H and O–H groups in total. The molecule has 5 nitrogen and oxygen atoms in total. The lowest BCUT2D eigenvalue weighted by atomic mass is 9.75. The molecule has 0 saturated heterocycles. The van der Waals surface area contributed by atoms with Crippen LogP contribution in [0.1, 0.15) is 55.5 Å². The SMILES string of the molecule is CC1(C)CCCC(NC(=O)c2ccc(/C(N)=N/O)cc2)C1. The molecule has 1 amide bonds. The van der Waals surface area contributed by atoms with Gasteiger partial charge in [0.15, 0.2) is 5.84 Å². The lowest BCUT2D eigenvalue weighted by Gasteiger charge is -2.35. The molecular weight excluding hydrogens is 266 g/mol. The van der Waals surface area contributed by atoms with Crippen LogP contribution in [0, 0.1) is 5.41 Å². The number of nitrogens with two attached hydrogens (primary N) is 1. The van der Waals surface area contributed by atoms with Crippen LogP contribution in [0.25, 0.3) is 0 Å². The monoisotopic (exact) mass is 289 g/mol. The molecule has 1 atom stereocenters. The molecule has 1 fully saturated rings. The summed E-state index contributed by atoms with van der Waals surface area (Å²) in [6.45, 7) is 4.49. The number of rotatable bonds is 3. The van der Waals surface area contributed by atoms with Crippen LogP contribution >= 0.6 is 0 Å². The summed E-state index contributed by atoms with van der Waals surface area (Å²) in [6.07, 6.45) is 4.42. The number of nitrogens with zero attached hydrogens (tertiary/aromatic N) is 1. The van der Waals surface area contributed by atoms with Crippen molar-refractivity contribution in [2.24, 2.45) is 16.3 Å². The summed E-state index contributed by atoms with van der Waals surface area (Å²) < 4.78 is 0. The third-order valence-corrected chi connectivity index (χ3v) is 4.09. The number of carbonyl (C=O) groups is 1. The molecule has 2 rings (SSSR count). The highest BCUT2D eigenvalue weighted by molar-refractivity contribution is 5.99. The van der Waals surface area contributed by atoms with Crippen molar-refractivity contribution < 1.29 is 10.0 Å². The minimum atomic E-state index is -0.0660. The standard InChI is InChI=1S/C16H23N3O2/c1-16(2)9-3-4-13(10-16)18-15(20)12-7-5-11(6-8-12)14(17)19-21/h5-8,13,21H,3-4,9-10H2,1-2H3,(H2,17,19)(H,18,20). The van der Waals surface area contributed by atoms with Crippen LogP contribution < -0.4 is 11.1 Å². The van der Waals surface area contributed by atoms with Gasteiger partial charge in [-0.2, -0.15) is 0 Å². The third-order valence-electron chi connectivity index (χ3n) is 4.09. The van der Waals surface area contributed by atoms with E-state index >= 15 is 0 Å². The molecule has 1 unspecified atom stereocenters. The molecule has 1 aromatic rings. The Bertz CT molecular complexity index is 535. The molecule has 1 aromatic carbocycles. The van der Waals surface area contributed by atoms with E-state index in [1.807, 2.05) is 0 Å². The van der Waals surface area contributed by atoms with Gasteiger partial charge in [-0.1, -0.05) is 37.6 Å². The minimum Gasteiger partial charge on any atom is -0.409 e. The molecule has 114 valence electrons. The van der Waals surface area contributed by atoms with E-state index in [0.29, 0.717) is 16.5 Å². The second kappa shape index (κ2) is 6.16.